The van der Waals surface area contributed by atoms with E-state index in [9.17, 15) is 18.4 Å². The lowest BCUT2D eigenvalue weighted by atomic mass is 9.76. The maximum Gasteiger partial charge on any atom is 0.275 e. The highest BCUT2D eigenvalue weighted by Crippen LogP contribution is 2.46. The van der Waals surface area contributed by atoms with E-state index in [1.165, 1.54) is 0 Å². The molecule has 146 valence electrons. The molecule has 5 rings (SSSR count). The van der Waals surface area contributed by atoms with Gasteiger partial charge in [0.2, 0.25) is 0 Å². The molecule has 1 N–H and O–H groups in total. The molecule has 1 amide bonds. The summed E-state index contributed by atoms with van der Waals surface area (Å²) < 4.78 is 27.0. The molecule has 1 spiro atoms. The molecule has 0 unspecified atom stereocenters. The third-order valence-corrected chi connectivity index (χ3v) is 6.37. The molecule has 3 heterocycles. The summed E-state index contributed by atoms with van der Waals surface area (Å²) in [6.45, 7) is 0.869. The smallest absolute Gasteiger partial charge is 0.275 e. The van der Waals surface area contributed by atoms with Crippen LogP contribution < -0.4 is 5.56 Å². The number of hydrogen-bond acceptors (Lipinski definition) is 4. The van der Waals surface area contributed by atoms with E-state index in [-0.39, 0.29) is 16.7 Å². The lowest BCUT2D eigenvalue weighted by molar-refractivity contribution is 0.0652. The fourth-order valence-corrected chi connectivity index (χ4v) is 4.56. The van der Waals surface area contributed by atoms with Gasteiger partial charge in [0, 0.05) is 36.1 Å². The number of rotatable bonds is 2. The molecule has 2 aliphatic carbocycles. The number of amides is 1. The number of piperidine rings is 1. The van der Waals surface area contributed by atoms with Gasteiger partial charge < -0.3 is 9.88 Å². The summed E-state index contributed by atoms with van der Waals surface area (Å²) in [5.74, 6) is -1.12. The fraction of sp³-hybridized carbons (Fsp3) is 0.500. The lowest BCUT2D eigenvalue weighted by Crippen LogP contribution is -2.45. The van der Waals surface area contributed by atoms with Crippen LogP contribution in [-0.4, -0.2) is 38.8 Å². The minimum atomic E-state index is -0.946. The first-order chi connectivity index (χ1) is 13.5. The number of nitrogens with one attached hydrogen (secondary N) is 1. The number of carbonyl (C=O) groups is 1. The van der Waals surface area contributed by atoms with Gasteiger partial charge in [-0.05, 0) is 38.5 Å². The predicted molar refractivity (Wildman–Crippen MR) is 96.1 cm³/mol. The van der Waals surface area contributed by atoms with Crippen molar-refractivity contribution in [3.8, 4) is 0 Å². The fourth-order valence-electron chi connectivity index (χ4n) is 4.56. The highest BCUT2D eigenvalue weighted by molar-refractivity contribution is 5.92. The lowest BCUT2D eigenvalue weighted by Gasteiger charge is -2.39. The maximum atomic E-state index is 13.9. The Morgan fingerprint density at radius 1 is 1.21 bits per heavy atom. The van der Waals surface area contributed by atoms with Crippen LogP contribution in [0.1, 0.15) is 65.6 Å². The van der Waals surface area contributed by atoms with Crippen molar-refractivity contribution >= 4 is 5.91 Å². The first-order valence-corrected chi connectivity index (χ1v) is 9.71. The van der Waals surface area contributed by atoms with Crippen molar-refractivity contribution < 1.29 is 13.6 Å². The van der Waals surface area contributed by atoms with Crippen molar-refractivity contribution in [3.63, 3.8) is 0 Å². The molecule has 2 aromatic rings. The quantitative estimate of drug-likeness (QED) is 0.860. The number of H-pyrrole nitrogens is 1. The summed E-state index contributed by atoms with van der Waals surface area (Å²) in [4.78, 5) is 38.0. The van der Waals surface area contributed by atoms with Gasteiger partial charge in [-0.15, -0.1) is 0 Å². The van der Waals surface area contributed by atoms with Crippen LogP contribution in [0.15, 0.2) is 17.1 Å². The molecule has 2 aromatic heterocycles. The SMILES string of the molecule is O=C(c1ncc(F)cc1F)N1CCC2(CCc3c2nc(C2CC2)[nH]c3=O)CC1. The molecule has 8 heteroatoms. The van der Waals surface area contributed by atoms with Crippen molar-refractivity contribution in [1.29, 1.82) is 0 Å². The summed E-state index contributed by atoms with van der Waals surface area (Å²) in [5, 5.41) is 0. The number of halogens is 2. The van der Waals surface area contributed by atoms with Crippen molar-refractivity contribution in [3.05, 3.63) is 57.0 Å². The monoisotopic (exact) mass is 386 g/mol. The Hall–Kier alpha value is -2.64. The van der Waals surface area contributed by atoms with Crippen molar-refractivity contribution in [2.24, 2.45) is 0 Å². The molecule has 1 aliphatic heterocycles. The molecular formula is C20H20F2N4O2. The van der Waals surface area contributed by atoms with Crippen molar-refractivity contribution in [2.45, 2.75) is 49.9 Å². The molecule has 0 aromatic carbocycles. The third-order valence-electron chi connectivity index (χ3n) is 6.37. The average Bonchev–Trinajstić information content (AvgIpc) is 3.47. The Labute approximate surface area is 160 Å². The van der Waals surface area contributed by atoms with Crippen LogP contribution in [0.5, 0.6) is 0 Å². The van der Waals surface area contributed by atoms with Crippen LogP contribution in [0.4, 0.5) is 8.78 Å². The van der Waals surface area contributed by atoms with Gasteiger partial charge in [0.25, 0.3) is 11.5 Å². The molecule has 2 fully saturated rings. The Bertz CT molecular complexity index is 1020. The highest BCUT2D eigenvalue weighted by atomic mass is 19.1. The number of likely N-dealkylation sites (tertiary alicyclic amines) is 1. The van der Waals surface area contributed by atoms with Gasteiger partial charge in [-0.2, -0.15) is 0 Å². The zero-order valence-electron chi connectivity index (χ0n) is 15.3. The van der Waals surface area contributed by atoms with Crippen LogP contribution in [0.25, 0.3) is 0 Å². The standard InChI is InChI=1S/C20H20F2N4O2/c21-12-9-14(22)15(23-10-12)19(28)26-7-5-20(6-8-26)4-3-13-16(20)24-17(11-1-2-11)25-18(13)27/h9-11H,1-8H2,(H,24,25,27). The summed E-state index contributed by atoms with van der Waals surface area (Å²) in [6.07, 6.45) is 5.87. The predicted octanol–water partition coefficient (Wildman–Crippen LogP) is 2.44. The summed E-state index contributed by atoms with van der Waals surface area (Å²) in [7, 11) is 0. The number of aromatic amines is 1. The second-order valence-electron chi connectivity index (χ2n) is 8.11. The van der Waals surface area contributed by atoms with E-state index >= 15 is 0 Å². The van der Waals surface area contributed by atoms with Gasteiger partial charge in [0.05, 0.1) is 11.9 Å². The Morgan fingerprint density at radius 3 is 2.64 bits per heavy atom. The minimum Gasteiger partial charge on any atom is -0.337 e. The molecule has 0 atom stereocenters. The number of nitrogens with zero attached hydrogens (tertiary/aromatic N) is 3. The summed E-state index contributed by atoms with van der Waals surface area (Å²) in [6, 6.07) is 0.675. The number of fused-ring (bicyclic) bond motifs is 2. The zero-order valence-corrected chi connectivity index (χ0v) is 15.3. The van der Waals surface area contributed by atoms with E-state index in [4.69, 9.17) is 4.98 Å². The normalized spacial score (nSPS) is 20.4. The average molecular weight is 386 g/mol. The van der Waals surface area contributed by atoms with Crippen LogP contribution in [0.2, 0.25) is 0 Å². The molecule has 0 radical (unpaired) electrons. The molecule has 0 bridgehead atoms. The number of pyridine rings is 1. The van der Waals surface area contributed by atoms with Gasteiger partial charge in [0.1, 0.15) is 11.6 Å². The van der Waals surface area contributed by atoms with Crippen LogP contribution in [-0.2, 0) is 11.8 Å². The minimum absolute atomic E-state index is 0.0279. The van der Waals surface area contributed by atoms with Crippen LogP contribution >= 0.6 is 0 Å². The van der Waals surface area contributed by atoms with Gasteiger partial charge in [-0.1, -0.05) is 0 Å². The topological polar surface area (TPSA) is 79.0 Å². The van der Waals surface area contributed by atoms with E-state index in [1.54, 1.807) is 4.90 Å². The number of carbonyl (C=O) groups excluding carboxylic acids is 1. The van der Waals surface area contributed by atoms with Crippen LogP contribution in [0, 0.1) is 11.6 Å². The number of hydrogen-bond donors (Lipinski definition) is 1. The first-order valence-electron chi connectivity index (χ1n) is 9.71. The summed E-state index contributed by atoms with van der Waals surface area (Å²) in [5.41, 5.74) is 1.10. The second kappa shape index (κ2) is 6.18. The van der Waals surface area contributed by atoms with Crippen LogP contribution in [0.3, 0.4) is 0 Å². The largest absolute Gasteiger partial charge is 0.337 e. The van der Waals surface area contributed by atoms with Gasteiger partial charge >= 0.3 is 0 Å². The van der Waals surface area contributed by atoms with Crippen molar-refractivity contribution in [1.82, 2.24) is 19.9 Å². The summed E-state index contributed by atoms with van der Waals surface area (Å²) >= 11 is 0. The number of aromatic nitrogens is 3. The van der Waals surface area contributed by atoms with Gasteiger partial charge in [-0.25, -0.2) is 18.7 Å². The zero-order chi connectivity index (χ0) is 19.5. The van der Waals surface area contributed by atoms with Crippen molar-refractivity contribution in [2.75, 3.05) is 13.1 Å². The molecule has 28 heavy (non-hydrogen) atoms. The first kappa shape index (κ1) is 17.5. The maximum absolute atomic E-state index is 13.9. The molecule has 6 nitrogen and oxygen atoms in total. The Balaban J connectivity index is 1.38. The molecular weight excluding hydrogens is 366 g/mol. The van der Waals surface area contributed by atoms with E-state index in [0.29, 0.717) is 44.3 Å². The van der Waals surface area contributed by atoms with E-state index in [1.807, 2.05) is 0 Å². The molecule has 3 aliphatic rings. The highest BCUT2D eigenvalue weighted by Gasteiger charge is 2.45. The molecule has 1 saturated carbocycles. The third kappa shape index (κ3) is 2.73. The Kier molecular flexibility index (Phi) is 3.86. The van der Waals surface area contributed by atoms with E-state index < -0.39 is 17.5 Å². The van der Waals surface area contributed by atoms with E-state index in [0.717, 1.165) is 42.5 Å². The van der Waals surface area contributed by atoms with E-state index in [2.05, 4.69) is 9.97 Å². The van der Waals surface area contributed by atoms with Gasteiger partial charge in [0.15, 0.2) is 11.5 Å². The van der Waals surface area contributed by atoms with Gasteiger partial charge in [-0.3, -0.25) is 9.59 Å². The Morgan fingerprint density at radius 2 is 1.96 bits per heavy atom. The molecule has 1 saturated heterocycles. The second-order valence-corrected chi connectivity index (χ2v) is 8.11.